The van der Waals surface area contributed by atoms with Crippen molar-refractivity contribution in [3.63, 3.8) is 0 Å². The lowest BCUT2D eigenvalue weighted by Crippen LogP contribution is -2.08. The Morgan fingerprint density at radius 1 is 1.17 bits per heavy atom. The lowest BCUT2D eigenvalue weighted by atomic mass is 10.0. The molecule has 0 fully saturated rings. The van der Waals surface area contributed by atoms with Crippen LogP contribution < -0.4 is 5.73 Å². The molecule has 0 aromatic heterocycles. The van der Waals surface area contributed by atoms with Gasteiger partial charge in [0.25, 0.3) is 0 Å². The highest BCUT2D eigenvalue weighted by atomic mass is 16.4. The quantitative estimate of drug-likeness (QED) is 0.664. The maximum absolute atomic E-state index is 10.9. The average Bonchev–Trinajstić information content (AvgIpc) is 2.28. The molecule has 0 unspecified atom stereocenters. The van der Waals surface area contributed by atoms with Gasteiger partial charge in [0.05, 0.1) is 17.5 Å². The van der Waals surface area contributed by atoms with Crippen LogP contribution in [0.2, 0.25) is 0 Å². The molecule has 0 aliphatic rings. The summed E-state index contributed by atoms with van der Waals surface area (Å²) < 4.78 is 0. The number of carboxylic acid groups (broad SMARTS) is 2. The van der Waals surface area contributed by atoms with Crippen molar-refractivity contribution < 1.29 is 24.6 Å². The second-order valence-corrected chi connectivity index (χ2v) is 3.32. The van der Waals surface area contributed by atoms with Crippen molar-refractivity contribution in [3.8, 4) is 11.8 Å². The molecular formula is C12H9NO5. The Labute approximate surface area is 102 Å². The molecule has 0 atom stereocenters. The summed E-state index contributed by atoms with van der Waals surface area (Å²) in [5.41, 5.74) is 4.64. The highest BCUT2D eigenvalue weighted by Crippen LogP contribution is 2.11. The molecule has 92 valence electrons. The normalized spacial score (nSPS) is 9.11. The minimum atomic E-state index is -1.29. The van der Waals surface area contributed by atoms with Crippen molar-refractivity contribution >= 4 is 17.8 Å². The van der Waals surface area contributed by atoms with Gasteiger partial charge in [0.1, 0.15) is 0 Å². The zero-order chi connectivity index (χ0) is 13.7. The van der Waals surface area contributed by atoms with E-state index in [9.17, 15) is 14.4 Å². The van der Waals surface area contributed by atoms with Gasteiger partial charge in [-0.25, -0.2) is 9.59 Å². The van der Waals surface area contributed by atoms with Crippen molar-refractivity contribution in [2.45, 2.75) is 6.42 Å². The van der Waals surface area contributed by atoms with Crippen LogP contribution in [0.25, 0.3) is 0 Å². The minimum Gasteiger partial charge on any atom is -0.478 e. The number of carbonyl (C=O) groups is 3. The first-order valence-electron chi connectivity index (χ1n) is 4.79. The molecule has 0 saturated heterocycles. The first-order chi connectivity index (χ1) is 8.41. The molecule has 1 amide bonds. The Balaban J connectivity index is 3.18. The number of rotatable bonds is 3. The van der Waals surface area contributed by atoms with E-state index in [4.69, 9.17) is 15.9 Å². The molecule has 1 rings (SSSR count). The van der Waals surface area contributed by atoms with Gasteiger partial charge in [0, 0.05) is 5.56 Å². The zero-order valence-electron chi connectivity index (χ0n) is 9.14. The van der Waals surface area contributed by atoms with E-state index in [1.165, 1.54) is 12.1 Å². The van der Waals surface area contributed by atoms with Crippen LogP contribution in [0, 0.1) is 11.8 Å². The van der Waals surface area contributed by atoms with Gasteiger partial charge in [-0.2, -0.15) is 0 Å². The first-order valence-corrected chi connectivity index (χ1v) is 4.79. The van der Waals surface area contributed by atoms with E-state index in [2.05, 4.69) is 11.8 Å². The van der Waals surface area contributed by atoms with Crippen molar-refractivity contribution in [1.29, 1.82) is 0 Å². The molecule has 18 heavy (non-hydrogen) atoms. The molecule has 6 heteroatoms. The Morgan fingerprint density at radius 3 is 2.33 bits per heavy atom. The molecule has 1 aromatic carbocycles. The minimum absolute atomic E-state index is 0.133. The third kappa shape index (κ3) is 3.35. The summed E-state index contributed by atoms with van der Waals surface area (Å²) >= 11 is 0. The topological polar surface area (TPSA) is 118 Å². The van der Waals surface area contributed by atoms with Gasteiger partial charge in [0.15, 0.2) is 0 Å². The number of amides is 1. The Hall–Kier alpha value is -2.81. The van der Waals surface area contributed by atoms with Crippen LogP contribution in [-0.2, 0) is 4.79 Å². The van der Waals surface area contributed by atoms with Crippen LogP contribution in [0.1, 0.15) is 32.7 Å². The maximum Gasteiger partial charge on any atom is 0.336 e. The second kappa shape index (κ2) is 5.50. The van der Waals surface area contributed by atoms with E-state index in [0.29, 0.717) is 0 Å². The third-order valence-electron chi connectivity index (χ3n) is 1.98. The van der Waals surface area contributed by atoms with Crippen LogP contribution in [0.4, 0.5) is 0 Å². The molecule has 0 bridgehead atoms. The van der Waals surface area contributed by atoms with Crippen molar-refractivity contribution in [2.75, 3.05) is 0 Å². The van der Waals surface area contributed by atoms with Gasteiger partial charge in [-0.3, -0.25) is 4.79 Å². The molecule has 0 saturated carbocycles. The highest BCUT2D eigenvalue weighted by molar-refractivity contribution is 5.95. The first kappa shape index (κ1) is 13.3. The smallest absolute Gasteiger partial charge is 0.336 e. The van der Waals surface area contributed by atoms with Crippen LogP contribution in [0.15, 0.2) is 18.2 Å². The summed E-state index contributed by atoms with van der Waals surface area (Å²) in [6, 6.07) is 3.53. The average molecular weight is 247 g/mol. The molecule has 6 nitrogen and oxygen atoms in total. The summed E-state index contributed by atoms with van der Waals surface area (Å²) in [6.07, 6.45) is -0.195. The second-order valence-electron chi connectivity index (χ2n) is 3.32. The third-order valence-corrected chi connectivity index (χ3v) is 1.98. The van der Waals surface area contributed by atoms with Crippen LogP contribution in [0.3, 0.4) is 0 Å². The number of nitrogens with two attached hydrogens (primary N) is 1. The fraction of sp³-hybridized carbons (Fsp3) is 0.0833. The molecule has 0 radical (unpaired) electrons. The lowest BCUT2D eigenvalue weighted by Gasteiger charge is -2.01. The number of carboxylic acids is 2. The summed E-state index contributed by atoms with van der Waals surface area (Å²) in [5, 5.41) is 17.7. The maximum atomic E-state index is 10.9. The summed E-state index contributed by atoms with van der Waals surface area (Å²) in [6.45, 7) is 0. The number of hydrogen-bond donors (Lipinski definition) is 3. The highest BCUT2D eigenvalue weighted by Gasteiger charge is 2.12. The van der Waals surface area contributed by atoms with E-state index in [1.807, 2.05) is 0 Å². The summed E-state index contributed by atoms with van der Waals surface area (Å²) in [5.74, 6) is 1.74. The van der Waals surface area contributed by atoms with Gasteiger partial charge in [-0.15, -0.1) is 0 Å². The molecule has 1 aromatic rings. The Morgan fingerprint density at radius 2 is 1.83 bits per heavy atom. The summed E-state index contributed by atoms with van der Waals surface area (Å²) in [7, 11) is 0. The van der Waals surface area contributed by atoms with E-state index in [-0.39, 0.29) is 23.1 Å². The van der Waals surface area contributed by atoms with E-state index in [1.54, 1.807) is 0 Å². The molecule has 4 N–H and O–H groups in total. The standard InChI is InChI=1S/C12H9NO5/c13-10(14)3-1-2-7-4-5-8(11(15)16)6-9(7)12(17)18/h4-6H,3H2,(H2,13,14)(H,15,16)(H,17,18). The fourth-order valence-electron chi connectivity index (χ4n) is 1.19. The van der Waals surface area contributed by atoms with Crippen LogP contribution >= 0.6 is 0 Å². The van der Waals surface area contributed by atoms with Gasteiger partial charge < -0.3 is 15.9 Å². The molecule has 0 heterocycles. The molecule has 0 aliphatic carbocycles. The van der Waals surface area contributed by atoms with Crippen molar-refractivity contribution in [1.82, 2.24) is 0 Å². The van der Waals surface area contributed by atoms with Gasteiger partial charge >= 0.3 is 11.9 Å². The SMILES string of the molecule is NC(=O)CC#Cc1ccc(C(=O)O)cc1C(=O)O. The van der Waals surface area contributed by atoms with Gasteiger partial charge in [-0.1, -0.05) is 11.8 Å². The molecular weight excluding hydrogens is 238 g/mol. The van der Waals surface area contributed by atoms with E-state index in [0.717, 1.165) is 6.07 Å². The zero-order valence-corrected chi connectivity index (χ0v) is 9.14. The van der Waals surface area contributed by atoms with Crippen molar-refractivity contribution in [3.05, 3.63) is 34.9 Å². The predicted octanol–water partition coefficient (Wildman–Crippen LogP) is 0.310. The van der Waals surface area contributed by atoms with Crippen LogP contribution in [0.5, 0.6) is 0 Å². The van der Waals surface area contributed by atoms with Gasteiger partial charge in [-0.05, 0) is 18.2 Å². The number of aromatic carboxylic acids is 2. The Kier molecular flexibility index (Phi) is 4.05. The molecule has 0 spiro atoms. The van der Waals surface area contributed by atoms with E-state index >= 15 is 0 Å². The number of carbonyl (C=O) groups excluding carboxylic acids is 1. The monoisotopic (exact) mass is 247 g/mol. The van der Waals surface area contributed by atoms with Crippen LogP contribution in [-0.4, -0.2) is 28.1 Å². The van der Waals surface area contributed by atoms with Gasteiger partial charge in [0.2, 0.25) is 5.91 Å². The lowest BCUT2D eigenvalue weighted by molar-refractivity contribution is -0.117. The number of benzene rings is 1. The predicted molar refractivity (Wildman–Crippen MR) is 61.1 cm³/mol. The van der Waals surface area contributed by atoms with E-state index < -0.39 is 17.8 Å². The number of primary amides is 1. The molecule has 0 aliphatic heterocycles. The van der Waals surface area contributed by atoms with Crippen molar-refractivity contribution in [2.24, 2.45) is 5.73 Å². The number of hydrogen-bond acceptors (Lipinski definition) is 3. The largest absolute Gasteiger partial charge is 0.478 e. The summed E-state index contributed by atoms with van der Waals surface area (Å²) in [4.78, 5) is 32.1. The fourth-order valence-corrected chi connectivity index (χ4v) is 1.19. The Bertz CT molecular complexity index is 580.